The number of nitrogens with zero attached hydrogens (tertiary/aromatic N) is 3. The number of hydrogen-bond acceptors (Lipinski definition) is 6. The van der Waals surface area contributed by atoms with Gasteiger partial charge in [0.2, 0.25) is 0 Å². The molecule has 2 heterocycles. The van der Waals surface area contributed by atoms with Crippen LogP contribution in [0.4, 0.5) is 11.6 Å². The van der Waals surface area contributed by atoms with Crippen LogP contribution in [-0.2, 0) is 4.74 Å². The molecular formula is C20H27N5O2. The summed E-state index contributed by atoms with van der Waals surface area (Å²) in [5, 5.41) is 6.23. The van der Waals surface area contributed by atoms with Crippen LogP contribution in [-0.4, -0.2) is 55.3 Å². The van der Waals surface area contributed by atoms with Gasteiger partial charge in [-0.2, -0.15) is 0 Å². The number of aryl methyl sites for hydroxylation is 3. The minimum atomic E-state index is -0.0501. The maximum atomic E-state index is 12.4. The van der Waals surface area contributed by atoms with E-state index >= 15 is 0 Å². The van der Waals surface area contributed by atoms with Crippen molar-refractivity contribution in [3.05, 3.63) is 46.8 Å². The first-order chi connectivity index (χ1) is 13.0. The van der Waals surface area contributed by atoms with Crippen molar-refractivity contribution in [2.75, 3.05) is 49.6 Å². The van der Waals surface area contributed by atoms with Gasteiger partial charge in [0.15, 0.2) is 0 Å². The summed E-state index contributed by atoms with van der Waals surface area (Å²) in [6, 6.07) is 7.85. The lowest BCUT2D eigenvalue weighted by Crippen LogP contribution is -2.37. The van der Waals surface area contributed by atoms with Gasteiger partial charge in [0.05, 0.1) is 13.2 Å². The van der Waals surface area contributed by atoms with Gasteiger partial charge in [-0.05, 0) is 32.4 Å². The molecule has 0 saturated carbocycles. The number of hydrogen-bond donors (Lipinski definition) is 2. The second-order valence-corrected chi connectivity index (χ2v) is 6.76. The number of amides is 1. The fourth-order valence-electron chi connectivity index (χ4n) is 3.04. The minimum absolute atomic E-state index is 0.0501. The molecule has 1 amide bonds. The second kappa shape index (κ2) is 8.81. The van der Waals surface area contributed by atoms with Crippen LogP contribution in [0.25, 0.3) is 0 Å². The topological polar surface area (TPSA) is 79.4 Å². The zero-order valence-electron chi connectivity index (χ0n) is 16.2. The monoisotopic (exact) mass is 369 g/mol. The Morgan fingerprint density at radius 3 is 2.67 bits per heavy atom. The molecule has 0 spiro atoms. The van der Waals surface area contributed by atoms with Gasteiger partial charge in [-0.25, -0.2) is 9.97 Å². The zero-order valence-corrected chi connectivity index (χ0v) is 16.2. The van der Waals surface area contributed by atoms with Gasteiger partial charge in [-0.3, -0.25) is 4.79 Å². The molecule has 2 aromatic rings. The molecule has 27 heavy (non-hydrogen) atoms. The molecule has 0 radical (unpaired) electrons. The molecule has 0 bridgehead atoms. The fraction of sp³-hybridized carbons (Fsp3) is 0.450. The number of morpholine rings is 1. The number of carbonyl (C=O) groups is 1. The van der Waals surface area contributed by atoms with Gasteiger partial charge >= 0.3 is 0 Å². The Labute approximate surface area is 160 Å². The SMILES string of the molecule is Cc1ccc(C)c(C(=O)NCCNc2cc(N3CCOCC3)nc(C)n2)c1. The Bertz CT molecular complexity index is 803. The van der Waals surface area contributed by atoms with Crippen molar-refractivity contribution in [2.24, 2.45) is 0 Å². The molecule has 1 aromatic carbocycles. The zero-order chi connectivity index (χ0) is 19.2. The number of benzene rings is 1. The number of aromatic nitrogens is 2. The van der Waals surface area contributed by atoms with Crippen LogP contribution in [0, 0.1) is 20.8 Å². The van der Waals surface area contributed by atoms with Crippen LogP contribution in [0.3, 0.4) is 0 Å². The van der Waals surface area contributed by atoms with Crippen LogP contribution >= 0.6 is 0 Å². The number of ether oxygens (including phenoxy) is 1. The lowest BCUT2D eigenvalue weighted by Gasteiger charge is -2.28. The van der Waals surface area contributed by atoms with Crippen LogP contribution in [0.5, 0.6) is 0 Å². The molecule has 0 atom stereocenters. The van der Waals surface area contributed by atoms with E-state index in [1.54, 1.807) is 0 Å². The Balaban J connectivity index is 1.53. The summed E-state index contributed by atoms with van der Waals surface area (Å²) in [6.07, 6.45) is 0. The van der Waals surface area contributed by atoms with Crippen LogP contribution in [0.1, 0.15) is 27.3 Å². The highest BCUT2D eigenvalue weighted by atomic mass is 16.5. The normalized spacial score (nSPS) is 14.1. The van der Waals surface area contributed by atoms with Crippen molar-refractivity contribution in [1.29, 1.82) is 0 Å². The number of anilines is 2. The first-order valence-electron chi connectivity index (χ1n) is 9.30. The number of carbonyl (C=O) groups excluding carboxylic acids is 1. The van der Waals surface area contributed by atoms with Crippen molar-refractivity contribution in [3.8, 4) is 0 Å². The Kier molecular flexibility index (Phi) is 6.24. The largest absolute Gasteiger partial charge is 0.378 e. The van der Waals surface area contributed by atoms with Crippen molar-refractivity contribution in [1.82, 2.24) is 15.3 Å². The molecule has 1 fully saturated rings. The molecule has 0 aliphatic carbocycles. The molecule has 1 saturated heterocycles. The molecule has 7 heteroatoms. The van der Waals surface area contributed by atoms with Crippen LogP contribution in [0.15, 0.2) is 24.3 Å². The molecule has 2 N–H and O–H groups in total. The summed E-state index contributed by atoms with van der Waals surface area (Å²) < 4.78 is 5.39. The fourth-order valence-corrected chi connectivity index (χ4v) is 3.04. The van der Waals surface area contributed by atoms with Gasteiger partial charge in [-0.1, -0.05) is 17.7 Å². The smallest absolute Gasteiger partial charge is 0.251 e. The molecule has 1 aliphatic rings. The summed E-state index contributed by atoms with van der Waals surface area (Å²) in [5.41, 5.74) is 2.78. The van der Waals surface area contributed by atoms with Crippen LogP contribution in [0.2, 0.25) is 0 Å². The van der Waals surface area contributed by atoms with Gasteiger partial charge in [0.25, 0.3) is 5.91 Å². The Morgan fingerprint density at radius 2 is 1.89 bits per heavy atom. The number of rotatable bonds is 6. The molecule has 3 rings (SSSR count). The maximum Gasteiger partial charge on any atom is 0.251 e. The summed E-state index contributed by atoms with van der Waals surface area (Å²) >= 11 is 0. The Morgan fingerprint density at radius 1 is 1.11 bits per heavy atom. The summed E-state index contributed by atoms with van der Waals surface area (Å²) in [7, 11) is 0. The van der Waals surface area contributed by atoms with Crippen molar-refractivity contribution < 1.29 is 9.53 Å². The highest BCUT2D eigenvalue weighted by Crippen LogP contribution is 2.17. The average Bonchev–Trinajstić information content (AvgIpc) is 2.67. The van der Waals surface area contributed by atoms with E-state index in [9.17, 15) is 4.79 Å². The van der Waals surface area contributed by atoms with E-state index in [4.69, 9.17) is 4.74 Å². The molecular weight excluding hydrogens is 342 g/mol. The van der Waals surface area contributed by atoms with E-state index in [2.05, 4.69) is 25.5 Å². The van der Waals surface area contributed by atoms with Gasteiger partial charge in [0.1, 0.15) is 17.5 Å². The van der Waals surface area contributed by atoms with Gasteiger partial charge in [0, 0.05) is 37.8 Å². The summed E-state index contributed by atoms with van der Waals surface area (Å²) in [5.74, 6) is 2.35. The van der Waals surface area contributed by atoms with Crippen molar-refractivity contribution in [2.45, 2.75) is 20.8 Å². The van der Waals surface area contributed by atoms with E-state index in [0.29, 0.717) is 13.1 Å². The third-order valence-electron chi connectivity index (χ3n) is 4.51. The summed E-state index contributed by atoms with van der Waals surface area (Å²) in [4.78, 5) is 23.5. The van der Waals surface area contributed by atoms with Gasteiger partial charge in [-0.15, -0.1) is 0 Å². The highest BCUT2D eigenvalue weighted by molar-refractivity contribution is 5.95. The number of nitrogens with one attached hydrogen (secondary N) is 2. The quantitative estimate of drug-likeness (QED) is 0.759. The van der Waals surface area contributed by atoms with Crippen LogP contribution < -0.4 is 15.5 Å². The average molecular weight is 369 g/mol. The van der Waals surface area contributed by atoms with Crippen molar-refractivity contribution in [3.63, 3.8) is 0 Å². The van der Waals surface area contributed by atoms with Gasteiger partial charge < -0.3 is 20.3 Å². The highest BCUT2D eigenvalue weighted by Gasteiger charge is 2.14. The third-order valence-corrected chi connectivity index (χ3v) is 4.51. The molecule has 144 valence electrons. The third kappa shape index (κ3) is 5.17. The molecule has 1 aromatic heterocycles. The second-order valence-electron chi connectivity index (χ2n) is 6.76. The van der Waals surface area contributed by atoms with E-state index in [-0.39, 0.29) is 5.91 Å². The van der Waals surface area contributed by atoms with Crippen molar-refractivity contribution >= 4 is 17.5 Å². The van der Waals surface area contributed by atoms with E-state index in [1.807, 2.05) is 45.0 Å². The molecule has 7 nitrogen and oxygen atoms in total. The standard InChI is InChI=1S/C20H27N5O2/c1-14-4-5-15(2)17(12-14)20(26)22-7-6-21-18-13-19(24-16(3)23-18)25-8-10-27-11-9-25/h4-5,12-13H,6-11H2,1-3H3,(H,22,26)(H,21,23,24). The summed E-state index contributed by atoms with van der Waals surface area (Å²) in [6.45, 7) is 10.0. The van der Waals surface area contributed by atoms with E-state index in [0.717, 1.165) is 60.5 Å². The molecule has 0 unspecified atom stereocenters. The predicted molar refractivity (Wildman–Crippen MR) is 107 cm³/mol. The molecule has 1 aliphatic heterocycles. The first kappa shape index (κ1) is 19.1. The lowest BCUT2D eigenvalue weighted by atomic mass is 10.1. The lowest BCUT2D eigenvalue weighted by molar-refractivity contribution is 0.0954. The first-order valence-corrected chi connectivity index (χ1v) is 9.30. The van der Waals surface area contributed by atoms with E-state index < -0.39 is 0 Å². The minimum Gasteiger partial charge on any atom is -0.378 e. The Hall–Kier alpha value is -2.67. The van der Waals surface area contributed by atoms with E-state index in [1.165, 1.54) is 0 Å². The predicted octanol–water partition coefficient (Wildman–Crippen LogP) is 2.08. The maximum absolute atomic E-state index is 12.4.